The van der Waals surface area contributed by atoms with Crippen molar-refractivity contribution in [2.75, 3.05) is 25.1 Å². The minimum atomic E-state index is -0.341. The van der Waals surface area contributed by atoms with Gasteiger partial charge in [-0.15, -0.1) is 0 Å². The van der Waals surface area contributed by atoms with E-state index in [1.165, 1.54) is 0 Å². The molecule has 0 fully saturated rings. The predicted octanol–water partition coefficient (Wildman–Crippen LogP) is 2.88. The summed E-state index contributed by atoms with van der Waals surface area (Å²) in [4.78, 5) is 15.9. The summed E-state index contributed by atoms with van der Waals surface area (Å²) in [6.07, 6.45) is 3.87. The molecule has 1 aromatic rings. The van der Waals surface area contributed by atoms with E-state index in [0.717, 1.165) is 26.0 Å². The summed E-state index contributed by atoms with van der Waals surface area (Å²) in [7, 11) is 0. The molecule has 0 aliphatic rings. The third-order valence-corrected chi connectivity index (χ3v) is 2.62. The van der Waals surface area contributed by atoms with Crippen LogP contribution in [0.3, 0.4) is 0 Å². The Bertz CT molecular complexity index is 408. The Labute approximate surface area is 120 Å². The number of pyridine rings is 1. The molecule has 1 heterocycles. The fourth-order valence-corrected chi connectivity index (χ4v) is 1.67. The number of nitrogens with one attached hydrogen (secondary N) is 1. The smallest absolute Gasteiger partial charge is 0.341 e. The molecule has 1 N–H and O–H groups in total. The number of carbonyl (C=O) groups is 1. The summed E-state index contributed by atoms with van der Waals surface area (Å²) < 4.78 is 10.5. The van der Waals surface area contributed by atoms with Gasteiger partial charge in [-0.1, -0.05) is 0 Å². The zero-order chi connectivity index (χ0) is 14.8. The van der Waals surface area contributed by atoms with Crippen molar-refractivity contribution in [3.05, 3.63) is 23.9 Å². The number of rotatable bonds is 9. The maximum atomic E-state index is 11.8. The Balaban J connectivity index is 2.38. The number of aromatic nitrogens is 1. The molecule has 0 aliphatic carbocycles. The average molecular weight is 280 g/mol. The third kappa shape index (κ3) is 6.02. The van der Waals surface area contributed by atoms with Crippen LogP contribution in [0.4, 0.5) is 5.82 Å². The van der Waals surface area contributed by atoms with Gasteiger partial charge in [-0.2, -0.15) is 0 Å². The first-order valence-corrected chi connectivity index (χ1v) is 7.12. The van der Waals surface area contributed by atoms with Crippen LogP contribution in [0.2, 0.25) is 0 Å². The zero-order valence-corrected chi connectivity index (χ0v) is 12.5. The average Bonchev–Trinajstić information content (AvgIpc) is 2.43. The standard InChI is InChI=1S/C15H24N2O3/c1-4-19-15(18)13-8-7-10-17-14(13)16-9-5-6-11-20-12(2)3/h7-8,10,12H,4-6,9,11H2,1-3H3,(H,16,17). The topological polar surface area (TPSA) is 60.5 Å². The van der Waals surface area contributed by atoms with Crippen molar-refractivity contribution < 1.29 is 14.3 Å². The number of hydrogen-bond donors (Lipinski definition) is 1. The minimum absolute atomic E-state index is 0.272. The van der Waals surface area contributed by atoms with E-state index in [-0.39, 0.29) is 12.1 Å². The van der Waals surface area contributed by atoms with Gasteiger partial charge in [0.05, 0.1) is 12.7 Å². The molecule has 0 spiro atoms. The highest BCUT2D eigenvalue weighted by atomic mass is 16.5. The van der Waals surface area contributed by atoms with Crippen molar-refractivity contribution in [2.24, 2.45) is 0 Å². The van der Waals surface area contributed by atoms with Crippen LogP contribution < -0.4 is 5.32 Å². The molecule has 0 unspecified atom stereocenters. The first kappa shape index (κ1) is 16.4. The highest BCUT2D eigenvalue weighted by Crippen LogP contribution is 2.13. The van der Waals surface area contributed by atoms with Crippen molar-refractivity contribution in [3.63, 3.8) is 0 Å². The summed E-state index contributed by atoms with van der Waals surface area (Å²) in [5, 5.41) is 3.17. The van der Waals surface area contributed by atoms with Gasteiger partial charge in [-0.3, -0.25) is 0 Å². The van der Waals surface area contributed by atoms with E-state index in [1.807, 2.05) is 13.8 Å². The molecule has 0 atom stereocenters. The molecule has 1 rings (SSSR count). The van der Waals surface area contributed by atoms with Gasteiger partial charge in [0.2, 0.25) is 0 Å². The number of carbonyl (C=O) groups excluding carboxylic acids is 1. The van der Waals surface area contributed by atoms with Crippen molar-refractivity contribution in [2.45, 2.75) is 39.7 Å². The van der Waals surface area contributed by atoms with Gasteiger partial charge < -0.3 is 14.8 Å². The van der Waals surface area contributed by atoms with Crippen molar-refractivity contribution in [3.8, 4) is 0 Å². The van der Waals surface area contributed by atoms with E-state index in [4.69, 9.17) is 9.47 Å². The Morgan fingerprint density at radius 2 is 2.20 bits per heavy atom. The SMILES string of the molecule is CCOC(=O)c1cccnc1NCCCCOC(C)C. The number of nitrogens with zero attached hydrogens (tertiary/aromatic N) is 1. The summed E-state index contributed by atoms with van der Waals surface area (Å²) in [5.74, 6) is 0.238. The quantitative estimate of drug-likeness (QED) is 0.556. The van der Waals surface area contributed by atoms with E-state index in [1.54, 1.807) is 25.3 Å². The first-order valence-electron chi connectivity index (χ1n) is 7.12. The van der Waals surface area contributed by atoms with Crippen LogP contribution in [-0.2, 0) is 9.47 Å². The molecule has 0 aliphatic heterocycles. The van der Waals surface area contributed by atoms with Crippen molar-refractivity contribution in [1.29, 1.82) is 0 Å². The number of esters is 1. The van der Waals surface area contributed by atoms with Crippen LogP contribution in [0.15, 0.2) is 18.3 Å². The highest BCUT2D eigenvalue weighted by molar-refractivity contribution is 5.94. The molecular formula is C15H24N2O3. The van der Waals surface area contributed by atoms with E-state index >= 15 is 0 Å². The number of unbranched alkanes of at least 4 members (excludes halogenated alkanes) is 1. The lowest BCUT2D eigenvalue weighted by molar-refractivity contribution is 0.0527. The molecule has 0 aromatic carbocycles. The second kappa shape index (κ2) is 9.31. The van der Waals surface area contributed by atoms with Crippen LogP contribution >= 0.6 is 0 Å². The summed E-state index contributed by atoms with van der Waals surface area (Å²) in [6.45, 7) is 7.71. The number of hydrogen-bond acceptors (Lipinski definition) is 5. The van der Waals surface area contributed by atoms with E-state index in [2.05, 4.69) is 10.3 Å². The molecule has 0 amide bonds. The number of anilines is 1. The molecular weight excluding hydrogens is 256 g/mol. The Morgan fingerprint density at radius 1 is 1.40 bits per heavy atom. The minimum Gasteiger partial charge on any atom is -0.462 e. The lowest BCUT2D eigenvalue weighted by Gasteiger charge is -2.10. The maximum Gasteiger partial charge on any atom is 0.341 e. The second-order valence-corrected chi connectivity index (χ2v) is 4.67. The fourth-order valence-electron chi connectivity index (χ4n) is 1.67. The van der Waals surface area contributed by atoms with Crippen molar-refractivity contribution in [1.82, 2.24) is 4.98 Å². The fraction of sp³-hybridized carbons (Fsp3) is 0.600. The largest absolute Gasteiger partial charge is 0.462 e. The summed E-state index contributed by atoms with van der Waals surface area (Å²) in [6, 6.07) is 3.45. The van der Waals surface area contributed by atoms with E-state index < -0.39 is 0 Å². The molecule has 1 aromatic heterocycles. The van der Waals surface area contributed by atoms with Gasteiger partial charge in [-0.05, 0) is 45.7 Å². The summed E-state index contributed by atoms with van der Waals surface area (Å²) >= 11 is 0. The third-order valence-electron chi connectivity index (χ3n) is 2.62. The molecule has 20 heavy (non-hydrogen) atoms. The predicted molar refractivity (Wildman–Crippen MR) is 79.0 cm³/mol. The molecule has 0 saturated heterocycles. The maximum absolute atomic E-state index is 11.8. The first-order chi connectivity index (χ1) is 9.65. The lowest BCUT2D eigenvalue weighted by Crippen LogP contribution is -2.12. The van der Waals surface area contributed by atoms with Crippen LogP contribution in [-0.4, -0.2) is 36.8 Å². The van der Waals surface area contributed by atoms with E-state index in [9.17, 15) is 4.79 Å². The monoisotopic (exact) mass is 280 g/mol. The van der Waals surface area contributed by atoms with Crippen LogP contribution in [0.5, 0.6) is 0 Å². The van der Waals surface area contributed by atoms with Crippen molar-refractivity contribution >= 4 is 11.8 Å². The summed E-state index contributed by atoms with van der Waals surface area (Å²) in [5.41, 5.74) is 0.479. The van der Waals surface area contributed by atoms with Gasteiger partial charge in [-0.25, -0.2) is 9.78 Å². The van der Waals surface area contributed by atoms with Gasteiger partial charge in [0.15, 0.2) is 0 Å². The molecule has 112 valence electrons. The van der Waals surface area contributed by atoms with Crippen LogP contribution in [0.25, 0.3) is 0 Å². The molecule has 5 nitrogen and oxygen atoms in total. The molecule has 0 radical (unpaired) electrons. The van der Waals surface area contributed by atoms with Gasteiger partial charge >= 0.3 is 5.97 Å². The van der Waals surface area contributed by atoms with Gasteiger partial charge in [0.1, 0.15) is 11.4 Å². The van der Waals surface area contributed by atoms with Crippen LogP contribution in [0, 0.1) is 0 Å². The normalized spacial score (nSPS) is 10.6. The lowest BCUT2D eigenvalue weighted by atomic mass is 10.2. The molecule has 0 bridgehead atoms. The zero-order valence-electron chi connectivity index (χ0n) is 12.5. The Morgan fingerprint density at radius 3 is 2.90 bits per heavy atom. The van der Waals surface area contributed by atoms with Gasteiger partial charge in [0.25, 0.3) is 0 Å². The highest BCUT2D eigenvalue weighted by Gasteiger charge is 2.12. The Kier molecular flexibility index (Phi) is 7.65. The second-order valence-electron chi connectivity index (χ2n) is 4.67. The Hall–Kier alpha value is -1.62. The van der Waals surface area contributed by atoms with E-state index in [0.29, 0.717) is 18.0 Å². The number of ether oxygens (including phenoxy) is 2. The molecule has 5 heteroatoms. The van der Waals surface area contributed by atoms with Gasteiger partial charge in [0, 0.05) is 19.3 Å². The van der Waals surface area contributed by atoms with Crippen LogP contribution in [0.1, 0.15) is 44.0 Å². The molecule has 0 saturated carbocycles.